The predicted molar refractivity (Wildman–Crippen MR) is 63.8 cm³/mol. The highest BCUT2D eigenvalue weighted by atomic mass is 31.2. The quantitative estimate of drug-likeness (QED) is 0.599. The van der Waals surface area contributed by atoms with Crippen molar-refractivity contribution in [1.29, 1.82) is 0 Å². The molecule has 8 nitrogen and oxygen atoms in total. The van der Waals surface area contributed by atoms with Gasteiger partial charge in [-0.3, -0.25) is 13.9 Å². The average molecular weight is 296 g/mol. The minimum absolute atomic E-state index is 0.257. The molecule has 1 aromatic heterocycles. The van der Waals surface area contributed by atoms with Gasteiger partial charge in [0.1, 0.15) is 19.1 Å². The Morgan fingerprint density at radius 2 is 2.16 bits per heavy atom. The zero-order valence-electron chi connectivity index (χ0n) is 10.1. The first-order chi connectivity index (χ1) is 8.74. The molecule has 1 atom stereocenters. The number of aryl methyl sites for hydroxylation is 1. The smallest absolute Gasteiger partial charge is 0.350 e. The maximum atomic E-state index is 12.7. The molecule has 1 aromatic rings. The first-order valence-electron chi connectivity index (χ1n) is 5.26. The van der Waals surface area contributed by atoms with Crippen molar-refractivity contribution in [3.05, 3.63) is 32.6 Å². The molecule has 1 heterocycles. The van der Waals surface area contributed by atoms with Gasteiger partial charge in [0, 0.05) is 11.8 Å². The van der Waals surface area contributed by atoms with Gasteiger partial charge >= 0.3 is 13.3 Å². The first-order valence-corrected chi connectivity index (χ1v) is 7.05. The van der Waals surface area contributed by atoms with Gasteiger partial charge in [-0.25, -0.2) is 9.18 Å². The minimum atomic E-state index is -4.43. The number of alkyl halides is 1. The molecule has 19 heavy (non-hydrogen) atoms. The van der Waals surface area contributed by atoms with Crippen LogP contribution in [0.4, 0.5) is 4.39 Å². The highest BCUT2D eigenvalue weighted by Gasteiger charge is 2.19. The van der Waals surface area contributed by atoms with Crippen LogP contribution >= 0.6 is 7.60 Å². The minimum Gasteiger partial charge on any atom is -0.361 e. The van der Waals surface area contributed by atoms with Crippen molar-refractivity contribution >= 4 is 7.60 Å². The Kier molecular flexibility index (Phi) is 5.19. The number of nitrogens with zero attached hydrogens (tertiary/aromatic N) is 1. The molecule has 0 saturated heterocycles. The summed E-state index contributed by atoms with van der Waals surface area (Å²) in [5.74, 6) is 0. The van der Waals surface area contributed by atoms with Crippen LogP contribution in [0.2, 0.25) is 0 Å². The summed E-state index contributed by atoms with van der Waals surface area (Å²) in [5.41, 5.74) is -1.09. The summed E-state index contributed by atoms with van der Waals surface area (Å²) < 4.78 is 28.7. The summed E-state index contributed by atoms with van der Waals surface area (Å²) >= 11 is 0. The molecule has 1 rings (SSSR count). The van der Waals surface area contributed by atoms with E-state index >= 15 is 0 Å². The lowest BCUT2D eigenvalue weighted by Crippen LogP contribution is -2.40. The molecule has 0 fully saturated rings. The van der Waals surface area contributed by atoms with Gasteiger partial charge in [0.2, 0.25) is 0 Å². The van der Waals surface area contributed by atoms with E-state index in [2.05, 4.69) is 9.72 Å². The third kappa shape index (κ3) is 4.71. The topological polar surface area (TPSA) is 122 Å². The van der Waals surface area contributed by atoms with Crippen molar-refractivity contribution in [2.45, 2.75) is 19.6 Å². The van der Waals surface area contributed by atoms with Gasteiger partial charge < -0.3 is 19.5 Å². The van der Waals surface area contributed by atoms with E-state index in [1.54, 1.807) is 0 Å². The molecule has 0 aromatic carbocycles. The van der Waals surface area contributed by atoms with Gasteiger partial charge in [-0.2, -0.15) is 0 Å². The number of halogens is 1. The van der Waals surface area contributed by atoms with Crippen LogP contribution in [-0.2, 0) is 15.8 Å². The monoisotopic (exact) mass is 296 g/mol. The van der Waals surface area contributed by atoms with E-state index in [-0.39, 0.29) is 5.56 Å². The standard InChI is InChI=1S/C9H14FN2O6P/c1-6-3-11-9(14)12(8(6)13)4-7(2-10)18-5-19(15,16)17/h3,7H,2,4-5H2,1H3,(H,11,14)(H2,15,16,17)/t7-/m0/s1. The second-order valence-electron chi connectivity index (χ2n) is 3.93. The van der Waals surface area contributed by atoms with Crippen LogP contribution in [0.25, 0.3) is 0 Å². The van der Waals surface area contributed by atoms with E-state index in [1.807, 2.05) is 0 Å². The third-order valence-corrected chi connectivity index (χ3v) is 2.76. The molecule has 0 aliphatic heterocycles. The summed E-state index contributed by atoms with van der Waals surface area (Å²) in [6.07, 6.45) is -1.03. The molecule has 0 radical (unpaired) electrons. The largest absolute Gasteiger partial charge is 0.361 e. The summed E-state index contributed by atoms with van der Waals surface area (Å²) in [7, 11) is -4.43. The van der Waals surface area contributed by atoms with Crippen molar-refractivity contribution in [1.82, 2.24) is 9.55 Å². The zero-order chi connectivity index (χ0) is 14.6. The molecular formula is C9H14FN2O6P. The molecule has 3 N–H and O–H groups in total. The highest BCUT2D eigenvalue weighted by Crippen LogP contribution is 2.34. The molecule has 0 amide bonds. The van der Waals surface area contributed by atoms with E-state index in [0.29, 0.717) is 0 Å². The maximum absolute atomic E-state index is 12.7. The van der Waals surface area contributed by atoms with Crippen LogP contribution in [0, 0.1) is 6.92 Å². The second-order valence-corrected chi connectivity index (χ2v) is 5.52. The van der Waals surface area contributed by atoms with Crippen LogP contribution in [0.3, 0.4) is 0 Å². The molecule has 108 valence electrons. The Morgan fingerprint density at radius 3 is 2.68 bits per heavy atom. The average Bonchev–Trinajstić information content (AvgIpc) is 2.32. The first kappa shape index (κ1) is 15.8. The lowest BCUT2D eigenvalue weighted by atomic mass is 10.3. The maximum Gasteiger partial charge on any atom is 0.350 e. The summed E-state index contributed by atoms with van der Waals surface area (Å²) in [4.78, 5) is 42.6. The predicted octanol–water partition coefficient (Wildman–Crippen LogP) is -0.665. The fourth-order valence-corrected chi connectivity index (χ4v) is 1.74. The number of aromatic amines is 1. The fourth-order valence-electron chi connectivity index (χ4n) is 1.33. The van der Waals surface area contributed by atoms with Crippen molar-refractivity contribution in [2.24, 2.45) is 0 Å². The van der Waals surface area contributed by atoms with Crippen molar-refractivity contribution in [2.75, 3.05) is 13.0 Å². The molecule has 0 bridgehead atoms. The Hall–Kier alpha value is -1.28. The van der Waals surface area contributed by atoms with E-state index in [1.165, 1.54) is 13.1 Å². The normalized spacial score (nSPS) is 13.5. The van der Waals surface area contributed by atoms with Crippen molar-refractivity contribution in [3.8, 4) is 0 Å². The molecule has 0 aliphatic rings. The van der Waals surface area contributed by atoms with E-state index in [9.17, 15) is 18.5 Å². The Bertz CT molecular complexity index is 591. The molecule has 10 heteroatoms. The Morgan fingerprint density at radius 1 is 1.53 bits per heavy atom. The van der Waals surface area contributed by atoms with Crippen molar-refractivity contribution in [3.63, 3.8) is 0 Å². The van der Waals surface area contributed by atoms with Gasteiger partial charge in [0.15, 0.2) is 0 Å². The number of hydrogen-bond donors (Lipinski definition) is 3. The lowest BCUT2D eigenvalue weighted by Gasteiger charge is -2.15. The fraction of sp³-hybridized carbons (Fsp3) is 0.556. The molecular weight excluding hydrogens is 282 g/mol. The number of rotatable bonds is 6. The van der Waals surface area contributed by atoms with Crippen LogP contribution < -0.4 is 11.2 Å². The number of aromatic nitrogens is 2. The van der Waals surface area contributed by atoms with Crippen LogP contribution in [0.1, 0.15) is 5.56 Å². The zero-order valence-corrected chi connectivity index (χ0v) is 11.0. The number of nitrogens with one attached hydrogen (secondary N) is 1. The van der Waals surface area contributed by atoms with Gasteiger partial charge in [-0.15, -0.1) is 0 Å². The van der Waals surface area contributed by atoms with Gasteiger partial charge in [0.05, 0.1) is 6.54 Å². The lowest BCUT2D eigenvalue weighted by molar-refractivity contribution is 0.0423. The molecule has 0 spiro atoms. The van der Waals surface area contributed by atoms with Gasteiger partial charge in [0.25, 0.3) is 5.56 Å². The van der Waals surface area contributed by atoms with Gasteiger partial charge in [-0.05, 0) is 6.92 Å². The molecule has 0 aliphatic carbocycles. The van der Waals surface area contributed by atoms with Gasteiger partial charge in [-0.1, -0.05) is 0 Å². The van der Waals surface area contributed by atoms with Crippen LogP contribution in [-0.4, -0.2) is 38.5 Å². The number of ether oxygens (including phenoxy) is 1. The molecule has 0 saturated carbocycles. The van der Waals surface area contributed by atoms with E-state index in [0.717, 1.165) is 4.57 Å². The van der Waals surface area contributed by atoms with E-state index in [4.69, 9.17) is 9.79 Å². The Labute approximate surface area is 107 Å². The number of H-pyrrole nitrogens is 1. The Balaban J connectivity index is 2.88. The molecule has 0 unspecified atom stereocenters. The van der Waals surface area contributed by atoms with Crippen LogP contribution in [0.15, 0.2) is 15.8 Å². The summed E-state index contributed by atoms with van der Waals surface area (Å²) in [5, 5.41) is 0. The summed E-state index contributed by atoms with van der Waals surface area (Å²) in [6, 6.07) is 0. The highest BCUT2D eigenvalue weighted by molar-refractivity contribution is 7.51. The number of hydrogen-bond acceptors (Lipinski definition) is 4. The summed E-state index contributed by atoms with van der Waals surface area (Å²) in [6.45, 7) is -0.0398. The SMILES string of the molecule is Cc1c[nH]c(=O)n(C[C@H](CF)OCP(=O)(O)O)c1=O. The second kappa shape index (κ2) is 6.25. The van der Waals surface area contributed by atoms with E-state index < -0.39 is 44.5 Å². The van der Waals surface area contributed by atoms with Crippen LogP contribution in [0.5, 0.6) is 0 Å². The van der Waals surface area contributed by atoms with Crippen molar-refractivity contribution < 1.29 is 23.5 Å². The third-order valence-electron chi connectivity index (χ3n) is 2.28.